The van der Waals surface area contributed by atoms with Gasteiger partial charge in [-0.15, -0.1) is 4.40 Å². The van der Waals surface area contributed by atoms with Crippen molar-refractivity contribution in [3.63, 3.8) is 0 Å². The molecule has 0 unspecified atom stereocenters. The molecule has 0 aliphatic heterocycles. The van der Waals surface area contributed by atoms with Gasteiger partial charge in [-0.2, -0.15) is 13.4 Å². The number of amidine groups is 1. The number of nitrogens with zero attached hydrogens (tertiary/aromatic N) is 2. The normalized spacial score (nSPS) is 12.6. The maximum Gasteiger partial charge on any atom is 0.284 e. The van der Waals surface area contributed by atoms with Crippen molar-refractivity contribution in [2.75, 3.05) is 6.61 Å². The van der Waals surface area contributed by atoms with Crippen LogP contribution in [0.25, 0.3) is 0 Å². The zero-order valence-corrected chi connectivity index (χ0v) is 17.1. The summed E-state index contributed by atoms with van der Waals surface area (Å²) in [5.41, 5.74) is 2.29. The molecule has 3 aromatic carbocycles. The van der Waals surface area contributed by atoms with Crippen molar-refractivity contribution in [2.24, 2.45) is 9.39 Å². The summed E-state index contributed by atoms with van der Waals surface area (Å²) in [6, 6.07) is 24.9. The number of rotatable bonds is 5. The van der Waals surface area contributed by atoms with E-state index in [2.05, 4.69) is 9.39 Å². The Morgan fingerprint density at radius 2 is 1.38 bits per heavy atom. The topological polar surface area (TPSA) is 68.1 Å². The number of sulfonamides is 1. The van der Waals surface area contributed by atoms with Crippen LogP contribution in [0.15, 0.2) is 99.2 Å². The van der Waals surface area contributed by atoms with Crippen molar-refractivity contribution >= 4 is 21.8 Å². The van der Waals surface area contributed by atoms with E-state index >= 15 is 0 Å². The molecule has 148 valence electrons. The van der Waals surface area contributed by atoms with E-state index in [1.54, 1.807) is 36.4 Å². The number of ether oxygens (including phenoxy) is 1. The highest BCUT2D eigenvalue weighted by Gasteiger charge is 2.17. The number of aryl methyl sites for hydroxylation is 1. The summed E-state index contributed by atoms with van der Waals surface area (Å²) in [6.45, 7) is 4.13. The molecule has 0 aliphatic carbocycles. The molecular formula is C23H22N2O3S. The first-order chi connectivity index (χ1) is 14.0. The zero-order valence-electron chi connectivity index (χ0n) is 16.3. The molecule has 6 heteroatoms. The Balaban J connectivity index is 2.14. The molecule has 0 saturated carbocycles. The SMILES string of the molecule is CCOC(=NC(=NS(=O)(=O)c1ccc(C)cc1)c1ccccc1)c1ccccc1. The Labute approximate surface area is 171 Å². The minimum absolute atomic E-state index is 0.0680. The van der Waals surface area contributed by atoms with Gasteiger partial charge in [0.25, 0.3) is 10.0 Å². The summed E-state index contributed by atoms with van der Waals surface area (Å²) in [4.78, 5) is 4.61. The molecule has 0 aliphatic rings. The van der Waals surface area contributed by atoms with Crippen LogP contribution in [-0.4, -0.2) is 26.8 Å². The number of hydrogen-bond donors (Lipinski definition) is 0. The molecule has 0 saturated heterocycles. The van der Waals surface area contributed by atoms with Crippen LogP contribution in [0, 0.1) is 6.92 Å². The quantitative estimate of drug-likeness (QED) is 0.459. The molecule has 0 atom stereocenters. The van der Waals surface area contributed by atoms with Gasteiger partial charge in [0.15, 0.2) is 5.84 Å². The largest absolute Gasteiger partial charge is 0.477 e. The maximum atomic E-state index is 12.9. The van der Waals surface area contributed by atoms with Crippen LogP contribution in [0.3, 0.4) is 0 Å². The highest BCUT2D eigenvalue weighted by Crippen LogP contribution is 2.16. The Kier molecular flexibility index (Phi) is 6.57. The molecule has 0 aromatic heterocycles. The predicted octanol–water partition coefficient (Wildman–Crippen LogP) is 4.61. The van der Waals surface area contributed by atoms with Gasteiger partial charge in [0.05, 0.1) is 11.5 Å². The molecule has 0 amide bonds. The lowest BCUT2D eigenvalue weighted by Crippen LogP contribution is -2.12. The lowest BCUT2D eigenvalue weighted by atomic mass is 10.2. The molecule has 0 heterocycles. The minimum atomic E-state index is -3.94. The van der Waals surface area contributed by atoms with Crippen molar-refractivity contribution in [3.05, 3.63) is 102 Å². The zero-order chi connectivity index (χ0) is 20.7. The molecule has 5 nitrogen and oxygen atoms in total. The van der Waals surface area contributed by atoms with Gasteiger partial charge in [0.2, 0.25) is 5.90 Å². The van der Waals surface area contributed by atoms with Gasteiger partial charge in [-0.25, -0.2) is 0 Å². The third-order valence-electron chi connectivity index (χ3n) is 4.07. The Bertz CT molecular complexity index is 1110. The minimum Gasteiger partial charge on any atom is -0.477 e. The fourth-order valence-corrected chi connectivity index (χ4v) is 3.55. The van der Waals surface area contributed by atoms with E-state index < -0.39 is 10.0 Å². The standard InChI is InChI=1S/C23H22N2O3S/c1-3-28-23(20-12-8-5-9-13-20)24-22(19-10-6-4-7-11-19)25-29(26,27)21-16-14-18(2)15-17-21/h4-17H,3H2,1-2H3. The molecular weight excluding hydrogens is 384 g/mol. The van der Waals surface area contributed by atoms with Crippen LogP contribution in [-0.2, 0) is 14.8 Å². The van der Waals surface area contributed by atoms with Crippen LogP contribution in [0.4, 0.5) is 0 Å². The van der Waals surface area contributed by atoms with E-state index in [9.17, 15) is 8.42 Å². The lowest BCUT2D eigenvalue weighted by Gasteiger charge is -2.09. The third kappa shape index (κ3) is 5.39. The highest BCUT2D eigenvalue weighted by atomic mass is 32.2. The molecule has 29 heavy (non-hydrogen) atoms. The van der Waals surface area contributed by atoms with E-state index in [0.29, 0.717) is 18.1 Å². The van der Waals surface area contributed by atoms with E-state index in [1.165, 1.54) is 0 Å². The van der Waals surface area contributed by atoms with E-state index in [0.717, 1.165) is 11.1 Å². The predicted molar refractivity (Wildman–Crippen MR) is 116 cm³/mol. The average molecular weight is 407 g/mol. The molecule has 3 aromatic rings. The van der Waals surface area contributed by atoms with Crippen molar-refractivity contribution in [3.8, 4) is 0 Å². The molecule has 0 fully saturated rings. The van der Waals surface area contributed by atoms with Crippen LogP contribution in [0.5, 0.6) is 0 Å². The summed E-state index contributed by atoms with van der Waals surface area (Å²) in [5.74, 6) is 0.383. The first-order valence-electron chi connectivity index (χ1n) is 9.23. The van der Waals surface area contributed by atoms with Crippen molar-refractivity contribution in [1.29, 1.82) is 0 Å². The fraction of sp³-hybridized carbons (Fsp3) is 0.130. The Morgan fingerprint density at radius 3 is 1.93 bits per heavy atom. The molecule has 0 N–H and O–H groups in total. The lowest BCUT2D eigenvalue weighted by molar-refractivity contribution is 0.329. The number of hydrogen-bond acceptors (Lipinski definition) is 3. The number of aliphatic imine (C=N–C) groups is 1. The maximum absolute atomic E-state index is 12.9. The van der Waals surface area contributed by atoms with Gasteiger partial charge in [0, 0.05) is 11.1 Å². The first-order valence-corrected chi connectivity index (χ1v) is 10.7. The van der Waals surface area contributed by atoms with Crippen LogP contribution >= 0.6 is 0 Å². The van der Waals surface area contributed by atoms with Crippen LogP contribution < -0.4 is 0 Å². The van der Waals surface area contributed by atoms with Gasteiger partial charge < -0.3 is 4.74 Å². The molecule has 0 spiro atoms. The summed E-state index contributed by atoms with van der Waals surface area (Å²) in [5, 5.41) is 0. The van der Waals surface area contributed by atoms with Gasteiger partial charge in [-0.05, 0) is 38.1 Å². The average Bonchev–Trinajstić information content (AvgIpc) is 2.74. The summed E-state index contributed by atoms with van der Waals surface area (Å²) < 4.78 is 35.5. The monoisotopic (exact) mass is 406 g/mol. The second-order valence-corrected chi connectivity index (χ2v) is 7.89. The Hall–Kier alpha value is -3.25. The van der Waals surface area contributed by atoms with E-state index in [4.69, 9.17) is 4.74 Å². The van der Waals surface area contributed by atoms with Gasteiger partial charge in [0.1, 0.15) is 0 Å². The second kappa shape index (κ2) is 9.30. The number of benzene rings is 3. The molecule has 3 rings (SSSR count). The fourth-order valence-electron chi connectivity index (χ4n) is 2.60. The summed E-state index contributed by atoms with van der Waals surface area (Å²) in [7, 11) is -3.94. The van der Waals surface area contributed by atoms with E-state index in [1.807, 2.05) is 62.4 Å². The highest BCUT2D eigenvalue weighted by molar-refractivity contribution is 7.90. The smallest absolute Gasteiger partial charge is 0.284 e. The first kappa shape index (κ1) is 20.5. The molecule has 0 bridgehead atoms. The van der Waals surface area contributed by atoms with Crippen LogP contribution in [0.2, 0.25) is 0 Å². The summed E-state index contributed by atoms with van der Waals surface area (Å²) >= 11 is 0. The van der Waals surface area contributed by atoms with Crippen LogP contribution in [0.1, 0.15) is 23.6 Å². The molecule has 0 radical (unpaired) electrons. The van der Waals surface area contributed by atoms with Crippen molar-refractivity contribution in [1.82, 2.24) is 0 Å². The van der Waals surface area contributed by atoms with Gasteiger partial charge in [-0.3, -0.25) is 0 Å². The summed E-state index contributed by atoms with van der Waals surface area (Å²) in [6.07, 6.45) is 0. The van der Waals surface area contributed by atoms with Crippen molar-refractivity contribution in [2.45, 2.75) is 18.7 Å². The van der Waals surface area contributed by atoms with E-state index in [-0.39, 0.29) is 10.7 Å². The third-order valence-corrected chi connectivity index (χ3v) is 5.35. The Morgan fingerprint density at radius 1 is 0.828 bits per heavy atom. The second-order valence-electron chi connectivity index (χ2n) is 6.29. The van der Waals surface area contributed by atoms with Gasteiger partial charge >= 0.3 is 0 Å². The van der Waals surface area contributed by atoms with Crippen molar-refractivity contribution < 1.29 is 13.2 Å². The van der Waals surface area contributed by atoms with Gasteiger partial charge in [-0.1, -0.05) is 66.2 Å².